The minimum absolute atomic E-state index is 0.931. The average molecular weight is 513 g/mol. The molecule has 2 aromatic rings. The Hall–Kier alpha value is -1.06. The molecule has 2 aromatic carbocycles. The summed E-state index contributed by atoms with van der Waals surface area (Å²) in [5, 5.41) is 0. The van der Waals surface area contributed by atoms with E-state index in [9.17, 15) is 0 Å². The molecular weight excluding hydrogens is 481 g/mol. The normalized spacial score (nSPS) is 14.6. The monoisotopic (exact) mass is 510 g/mol. The number of benzene rings is 2. The molecule has 1 saturated heterocycles. The Morgan fingerprint density at radius 2 is 1.03 bits per heavy atom. The van der Waals surface area contributed by atoms with E-state index in [2.05, 4.69) is 94.7 Å². The molecular formula is C25H32Cl2N2OZn. The van der Waals surface area contributed by atoms with Crippen LogP contribution in [0.4, 0.5) is 11.4 Å². The van der Waals surface area contributed by atoms with Gasteiger partial charge in [0.15, 0.2) is 0 Å². The van der Waals surface area contributed by atoms with Gasteiger partial charge in [0.2, 0.25) is 6.67 Å². The Morgan fingerprint density at radius 1 is 0.710 bits per heavy atom. The van der Waals surface area contributed by atoms with Crippen molar-refractivity contribution in [2.75, 3.05) is 23.0 Å². The number of nitrogens with zero attached hydrogens (tertiary/aromatic N) is 2. The van der Waals surface area contributed by atoms with Crippen molar-refractivity contribution in [3.63, 3.8) is 0 Å². The van der Waals surface area contributed by atoms with Gasteiger partial charge in [0.1, 0.15) is 0 Å². The Bertz CT molecular complexity index is 778. The van der Waals surface area contributed by atoms with E-state index in [1.807, 2.05) is 0 Å². The second kappa shape index (κ2) is 12.8. The number of halogens is 2. The van der Waals surface area contributed by atoms with Crippen molar-refractivity contribution in [1.82, 2.24) is 0 Å². The molecule has 2 aliphatic rings. The number of rotatable bonds is 2. The fourth-order valence-electron chi connectivity index (χ4n) is 4.18. The van der Waals surface area contributed by atoms with Crippen LogP contribution in [0.25, 0.3) is 0 Å². The van der Waals surface area contributed by atoms with Crippen LogP contribution in [0.5, 0.6) is 0 Å². The van der Waals surface area contributed by atoms with Crippen LogP contribution in [0.3, 0.4) is 0 Å². The third kappa shape index (κ3) is 7.50. The van der Waals surface area contributed by atoms with Crippen molar-refractivity contribution in [3.05, 3.63) is 76.7 Å². The van der Waals surface area contributed by atoms with Crippen LogP contribution in [0, 0.1) is 48.2 Å². The first-order valence-corrected chi connectivity index (χ1v) is 18.5. The first-order valence-electron chi connectivity index (χ1n) is 10.7. The Morgan fingerprint density at radius 3 is 1.29 bits per heavy atom. The van der Waals surface area contributed by atoms with E-state index in [4.69, 9.17) is 24.1 Å². The van der Waals surface area contributed by atoms with E-state index in [1.165, 1.54) is 57.6 Å². The first kappa shape index (κ1) is 26.2. The number of hydrogen-bond donors (Lipinski definition) is 0. The van der Waals surface area contributed by atoms with Gasteiger partial charge in [-0.1, -0.05) is 35.4 Å². The molecule has 4 rings (SSSR count). The van der Waals surface area contributed by atoms with Gasteiger partial charge in [-0.25, -0.2) is 0 Å². The molecule has 0 N–H and O–H groups in total. The second-order valence-electron chi connectivity index (χ2n) is 8.05. The third-order valence-corrected chi connectivity index (χ3v) is 5.16. The molecule has 0 unspecified atom stereocenters. The molecule has 0 atom stereocenters. The molecule has 0 amide bonds. The van der Waals surface area contributed by atoms with Gasteiger partial charge in [0.05, 0.1) is 0 Å². The van der Waals surface area contributed by atoms with Crippen molar-refractivity contribution < 1.29 is 19.9 Å². The minimum atomic E-state index is -0.931. The zero-order valence-corrected chi connectivity index (χ0v) is 24.0. The van der Waals surface area contributed by atoms with E-state index in [1.54, 1.807) is 0 Å². The molecule has 1 fully saturated rings. The summed E-state index contributed by atoms with van der Waals surface area (Å²) in [6.45, 7) is 18.4. The summed E-state index contributed by atoms with van der Waals surface area (Å²) in [6.07, 6.45) is 6.73. The zero-order valence-electron chi connectivity index (χ0n) is 19.6. The van der Waals surface area contributed by atoms with Gasteiger partial charge in [0, 0.05) is 37.0 Å². The predicted molar refractivity (Wildman–Crippen MR) is 130 cm³/mol. The predicted octanol–water partition coefficient (Wildman–Crippen LogP) is 7.50. The topological polar surface area (TPSA) is 15.7 Å². The van der Waals surface area contributed by atoms with Crippen LogP contribution in [-0.2, 0) is 19.9 Å². The van der Waals surface area contributed by atoms with E-state index >= 15 is 0 Å². The number of ether oxygens (including phenoxy) is 1. The van der Waals surface area contributed by atoms with Crippen molar-refractivity contribution in [2.45, 2.75) is 54.4 Å². The first-order chi connectivity index (χ1) is 14.8. The van der Waals surface area contributed by atoms with E-state index in [0.29, 0.717) is 0 Å². The summed E-state index contributed by atoms with van der Waals surface area (Å²) in [5.74, 6) is 0. The van der Waals surface area contributed by atoms with Gasteiger partial charge < -0.3 is 14.5 Å². The van der Waals surface area contributed by atoms with Gasteiger partial charge in [-0.15, -0.1) is 0 Å². The maximum atomic E-state index is 4.95. The molecule has 0 spiro atoms. The summed E-state index contributed by atoms with van der Waals surface area (Å²) in [6, 6.07) is 8.90. The number of anilines is 2. The van der Waals surface area contributed by atoms with Crippen LogP contribution in [0.1, 0.15) is 46.2 Å². The molecule has 6 heteroatoms. The molecule has 2 radical (unpaired) electrons. The number of hydrogen-bond acceptors (Lipinski definition) is 3. The Kier molecular flexibility index (Phi) is 10.9. The van der Waals surface area contributed by atoms with Gasteiger partial charge in [-0.2, -0.15) is 0 Å². The zero-order chi connectivity index (χ0) is 23.0. The standard InChI is InChI=1S/C21H24N2.C4H8O.2ClH.Zn/c1-14-9-16(3)20(17(4)10-14)22-7-8-23(13-22)21-18(5)11-15(2)12-19(21)6;1-2-4-5-3-1;;;/h7-12H,1-6H3;1-4H2;2*1H;/q;;;;+2/p-2. The summed E-state index contributed by atoms with van der Waals surface area (Å²) in [4.78, 5) is 4.20. The second-order valence-corrected chi connectivity index (χ2v) is 12.7. The quantitative estimate of drug-likeness (QED) is 0.387. The third-order valence-electron chi connectivity index (χ3n) is 5.16. The van der Waals surface area contributed by atoms with Gasteiger partial charge in [-0.3, -0.25) is 0 Å². The van der Waals surface area contributed by atoms with Crippen molar-refractivity contribution >= 4 is 30.8 Å². The summed E-state index contributed by atoms with van der Waals surface area (Å²) in [5.41, 5.74) is 10.1. The van der Waals surface area contributed by atoms with Gasteiger partial charge in [0.25, 0.3) is 0 Å². The number of aryl methyl sites for hydroxylation is 6. The molecule has 0 bridgehead atoms. The maximum absolute atomic E-state index is 4.95. The Labute approximate surface area is 204 Å². The fourth-order valence-corrected chi connectivity index (χ4v) is 4.18. The molecule has 2 aliphatic heterocycles. The van der Waals surface area contributed by atoms with Crippen LogP contribution in [0.15, 0.2) is 36.7 Å². The molecule has 0 saturated carbocycles. The molecule has 0 aromatic heterocycles. The van der Waals surface area contributed by atoms with E-state index in [0.717, 1.165) is 13.2 Å². The van der Waals surface area contributed by atoms with Gasteiger partial charge >= 0.3 is 34.5 Å². The molecule has 2 heterocycles. The Balaban J connectivity index is 0.000000361. The molecule has 31 heavy (non-hydrogen) atoms. The fraction of sp³-hybridized carbons (Fsp3) is 0.400. The molecule has 0 aliphatic carbocycles. The van der Waals surface area contributed by atoms with E-state index in [-0.39, 0.29) is 0 Å². The average Bonchev–Trinajstić information content (AvgIpc) is 3.36. The summed E-state index contributed by atoms with van der Waals surface area (Å²) >= 11 is -0.931. The van der Waals surface area contributed by atoms with Crippen LogP contribution in [0.2, 0.25) is 0 Å². The molecule has 164 valence electrons. The van der Waals surface area contributed by atoms with Gasteiger partial charge in [-0.05, 0) is 76.6 Å². The van der Waals surface area contributed by atoms with Crippen molar-refractivity contribution in [2.24, 2.45) is 0 Å². The van der Waals surface area contributed by atoms with Crippen molar-refractivity contribution in [1.29, 1.82) is 0 Å². The van der Waals surface area contributed by atoms with E-state index < -0.39 is 15.1 Å². The van der Waals surface area contributed by atoms with Crippen molar-refractivity contribution in [3.8, 4) is 0 Å². The molecule has 3 nitrogen and oxygen atoms in total. The van der Waals surface area contributed by atoms with Crippen LogP contribution >= 0.6 is 19.4 Å². The SMILES string of the molecule is C1CCOC1.Cc1cc(C)c(N2[C]N(c3c(C)cc(C)cc3C)C=C2)c(C)c1.[Cl][Zn][Cl]. The van der Waals surface area contributed by atoms with Crippen LogP contribution < -0.4 is 9.80 Å². The van der Waals surface area contributed by atoms with Crippen LogP contribution in [-0.4, -0.2) is 13.2 Å². The summed E-state index contributed by atoms with van der Waals surface area (Å²) < 4.78 is 4.94. The summed E-state index contributed by atoms with van der Waals surface area (Å²) in [7, 11) is 9.90.